The molecule has 0 radical (unpaired) electrons. The lowest BCUT2D eigenvalue weighted by Gasteiger charge is -2.19. The summed E-state index contributed by atoms with van der Waals surface area (Å²) >= 11 is 0. The first-order valence-electron chi connectivity index (χ1n) is 9.69. The van der Waals surface area contributed by atoms with Crippen LogP contribution in [0, 0.1) is 0 Å². The minimum atomic E-state index is 0.100. The zero-order valence-electron chi connectivity index (χ0n) is 16.4. The van der Waals surface area contributed by atoms with E-state index in [0.717, 1.165) is 33.1 Å². The maximum absolute atomic E-state index is 5.08. The van der Waals surface area contributed by atoms with Crippen LogP contribution >= 0.6 is 0 Å². The molecule has 2 nitrogen and oxygen atoms in total. The van der Waals surface area contributed by atoms with Gasteiger partial charge in [0.15, 0.2) is 0 Å². The molecule has 1 aromatic heterocycles. The molecule has 0 aliphatic rings. The van der Waals surface area contributed by atoms with Gasteiger partial charge in [-0.25, -0.2) is 4.98 Å². The van der Waals surface area contributed by atoms with E-state index in [9.17, 15) is 0 Å². The molecule has 1 heterocycles. The van der Waals surface area contributed by atoms with Gasteiger partial charge in [-0.1, -0.05) is 87.5 Å². The van der Waals surface area contributed by atoms with Crippen molar-refractivity contribution in [2.24, 2.45) is 0 Å². The quantitative estimate of drug-likeness (QED) is 0.303. The lowest BCUT2D eigenvalue weighted by atomic mass is 9.86. The minimum Gasteiger partial charge on any atom is -0.252 e. The maximum atomic E-state index is 5.08. The summed E-state index contributed by atoms with van der Waals surface area (Å²) in [6, 6.07) is 25.6. The lowest BCUT2D eigenvalue weighted by molar-refractivity contribution is 0.590. The first-order chi connectivity index (χ1) is 13.5. The molecule has 0 aliphatic heterocycles. The van der Waals surface area contributed by atoms with Crippen molar-refractivity contribution in [2.75, 3.05) is 0 Å². The summed E-state index contributed by atoms with van der Waals surface area (Å²) in [4.78, 5) is 9.95. The Morgan fingerprint density at radius 2 is 1.25 bits per heavy atom. The van der Waals surface area contributed by atoms with E-state index in [0.29, 0.717) is 0 Å². The van der Waals surface area contributed by atoms with E-state index >= 15 is 0 Å². The van der Waals surface area contributed by atoms with Crippen molar-refractivity contribution in [2.45, 2.75) is 26.2 Å². The topological polar surface area (TPSA) is 25.8 Å². The largest absolute Gasteiger partial charge is 0.252 e. The Kier molecular flexibility index (Phi) is 3.70. The number of aromatic nitrogens is 2. The van der Waals surface area contributed by atoms with Crippen LogP contribution in [-0.2, 0) is 5.41 Å². The van der Waals surface area contributed by atoms with Crippen molar-refractivity contribution in [3.05, 3.63) is 84.6 Å². The van der Waals surface area contributed by atoms with Gasteiger partial charge in [0.1, 0.15) is 0 Å². The van der Waals surface area contributed by atoms with Gasteiger partial charge in [0.25, 0.3) is 0 Å². The van der Waals surface area contributed by atoms with Gasteiger partial charge in [0.05, 0.1) is 22.9 Å². The van der Waals surface area contributed by atoms with Gasteiger partial charge < -0.3 is 0 Å². The molecule has 28 heavy (non-hydrogen) atoms. The first-order valence-corrected chi connectivity index (χ1v) is 9.69. The Morgan fingerprint density at radius 1 is 0.643 bits per heavy atom. The molecule has 0 spiro atoms. The second-order valence-corrected chi connectivity index (χ2v) is 8.37. The van der Waals surface area contributed by atoms with E-state index in [1.54, 1.807) is 0 Å². The van der Waals surface area contributed by atoms with E-state index < -0.39 is 0 Å². The summed E-state index contributed by atoms with van der Waals surface area (Å²) in [5, 5.41) is 4.75. The van der Waals surface area contributed by atoms with E-state index in [2.05, 4.69) is 93.6 Å². The molecule has 2 heteroatoms. The molecule has 5 aromatic rings. The molecule has 136 valence electrons. The molecule has 0 unspecified atom stereocenters. The van der Waals surface area contributed by atoms with Crippen molar-refractivity contribution < 1.29 is 0 Å². The highest BCUT2D eigenvalue weighted by atomic mass is 14.8. The average molecular weight is 362 g/mol. The second kappa shape index (κ2) is 6.13. The number of benzene rings is 4. The monoisotopic (exact) mass is 362 g/mol. The molecule has 0 saturated carbocycles. The molecular formula is C26H22N2. The third kappa shape index (κ3) is 2.65. The Labute approximate surface area is 164 Å². The smallest absolute Gasteiger partial charge is 0.0979 e. The molecule has 4 aromatic carbocycles. The third-order valence-electron chi connectivity index (χ3n) is 5.45. The van der Waals surface area contributed by atoms with Crippen LogP contribution in [0.5, 0.6) is 0 Å². The third-order valence-corrected chi connectivity index (χ3v) is 5.45. The maximum Gasteiger partial charge on any atom is 0.0979 e. The zero-order valence-corrected chi connectivity index (χ0v) is 16.4. The predicted molar refractivity (Wildman–Crippen MR) is 119 cm³/mol. The highest BCUT2D eigenvalue weighted by molar-refractivity contribution is 6.23. The van der Waals surface area contributed by atoms with Crippen molar-refractivity contribution in [1.29, 1.82) is 0 Å². The summed E-state index contributed by atoms with van der Waals surface area (Å²) < 4.78 is 0. The molecule has 0 saturated heterocycles. The number of nitrogens with zero attached hydrogens (tertiary/aromatic N) is 2. The predicted octanol–water partition coefficient (Wildman–Crippen LogP) is 6.90. The summed E-state index contributed by atoms with van der Waals surface area (Å²) in [6.07, 6.45) is 1.91. The van der Waals surface area contributed by atoms with Crippen molar-refractivity contribution in [3.63, 3.8) is 0 Å². The van der Waals surface area contributed by atoms with E-state index in [4.69, 9.17) is 9.97 Å². The molecule has 0 amide bonds. The van der Waals surface area contributed by atoms with Crippen molar-refractivity contribution in [3.8, 4) is 11.3 Å². The van der Waals surface area contributed by atoms with Crippen LogP contribution < -0.4 is 0 Å². The zero-order chi connectivity index (χ0) is 19.3. The number of rotatable bonds is 1. The molecule has 5 rings (SSSR count). The summed E-state index contributed by atoms with van der Waals surface area (Å²) in [7, 11) is 0. The number of fused-ring (bicyclic) bond motifs is 6. The van der Waals surface area contributed by atoms with Crippen LogP contribution in [0.1, 0.15) is 26.3 Å². The standard InChI is InChI=1S/C26H22N2/c1-26(2,3)18-10-8-9-17(15-18)23-16-27-24-21-13-6-4-11-19(21)20-12-5-7-14-22(20)25(24)28-23/h4-16H,1-3H3. The average Bonchev–Trinajstić information content (AvgIpc) is 2.73. The van der Waals surface area contributed by atoms with Gasteiger partial charge in [0, 0.05) is 16.3 Å². The fourth-order valence-electron chi connectivity index (χ4n) is 3.91. The SMILES string of the molecule is CC(C)(C)c1cccc(-c2cnc3c4ccccc4c4ccccc4c3n2)c1. The van der Waals surface area contributed by atoms with Crippen LogP contribution in [-0.4, -0.2) is 9.97 Å². The van der Waals surface area contributed by atoms with Gasteiger partial charge in [-0.3, -0.25) is 4.98 Å². The Hall–Kier alpha value is -3.26. The van der Waals surface area contributed by atoms with Crippen molar-refractivity contribution >= 4 is 32.6 Å². The Morgan fingerprint density at radius 3 is 1.89 bits per heavy atom. The van der Waals surface area contributed by atoms with Gasteiger partial charge in [-0.2, -0.15) is 0 Å². The fraction of sp³-hybridized carbons (Fsp3) is 0.154. The van der Waals surface area contributed by atoms with E-state index in [-0.39, 0.29) is 5.41 Å². The highest BCUT2D eigenvalue weighted by Crippen LogP contribution is 2.34. The molecule has 0 N–H and O–H groups in total. The highest BCUT2D eigenvalue weighted by Gasteiger charge is 2.15. The van der Waals surface area contributed by atoms with Gasteiger partial charge in [-0.15, -0.1) is 0 Å². The van der Waals surface area contributed by atoms with Gasteiger partial charge in [-0.05, 0) is 27.8 Å². The minimum absolute atomic E-state index is 0.100. The summed E-state index contributed by atoms with van der Waals surface area (Å²) in [5.41, 5.74) is 5.36. The fourth-order valence-corrected chi connectivity index (χ4v) is 3.91. The molecular weight excluding hydrogens is 340 g/mol. The van der Waals surface area contributed by atoms with Crippen molar-refractivity contribution in [1.82, 2.24) is 9.97 Å². The molecule has 0 aliphatic carbocycles. The summed E-state index contributed by atoms with van der Waals surface area (Å²) in [5.74, 6) is 0. The Bertz CT molecular complexity index is 1310. The molecule has 0 bridgehead atoms. The summed E-state index contributed by atoms with van der Waals surface area (Å²) in [6.45, 7) is 6.70. The molecule has 0 fully saturated rings. The van der Waals surface area contributed by atoms with Crippen LogP contribution in [0.4, 0.5) is 0 Å². The second-order valence-electron chi connectivity index (χ2n) is 8.37. The van der Waals surface area contributed by atoms with Crippen LogP contribution in [0.15, 0.2) is 79.0 Å². The lowest BCUT2D eigenvalue weighted by Crippen LogP contribution is -2.10. The molecule has 0 atom stereocenters. The van der Waals surface area contributed by atoms with Crippen LogP contribution in [0.3, 0.4) is 0 Å². The number of hydrogen-bond acceptors (Lipinski definition) is 2. The first kappa shape index (κ1) is 16.9. The number of hydrogen-bond donors (Lipinski definition) is 0. The van der Waals surface area contributed by atoms with E-state index in [1.165, 1.54) is 16.3 Å². The normalized spacial score (nSPS) is 12.1. The van der Waals surface area contributed by atoms with E-state index in [1.807, 2.05) is 6.20 Å². The van der Waals surface area contributed by atoms with Gasteiger partial charge >= 0.3 is 0 Å². The Balaban J connectivity index is 1.83. The van der Waals surface area contributed by atoms with Crippen LogP contribution in [0.2, 0.25) is 0 Å². The van der Waals surface area contributed by atoms with Gasteiger partial charge in [0.2, 0.25) is 0 Å². The van der Waals surface area contributed by atoms with Crippen LogP contribution in [0.25, 0.3) is 43.8 Å².